The number of rotatable bonds is 7. The fourth-order valence-corrected chi connectivity index (χ4v) is 4.55. The van der Waals surface area contributed by atoms with E-state index >= 15 is 0 Å². The molecule has 0 aromatic carbocycles. The van der Waals surface area contributed by atoms with Crippen LogP contribution in [0, 0.1) is 12.8 Å². The van der Waals surface area contributed by atoms with E-state index in [1.807, 2.05) is 67.6 Å². The number of pyridine rings is 2. The molecule has 0 amide bonds. The largest absolute Gasteiger partial charge is 0.347 e. The summed E-state index contributed by atoms with van der Waals surface area (Å²) >= 11 is 13.5. The van der Waals surface area contributed by atoms with Gasteiger partial charge >= 0.3 is 0 Å². The van der Waals surface area contributed by atoms with Crippen LogP contribution in [0.25, 0.3) is 10.6 Å². The third-order valence-corrected chi connectivity index (χ3v) is 6.78. The maximum absolute atomic E-state index is 11.4. The molecule has 0 aliphatic heterocycles. The molecule has 0 saturated carbocycles. The predicted octanol–water partition coefficient (Wildman–Crippen LogP) is 5.92. The highest BCUT2D eigenvalue weighted by atomic mass is 35.5. The SMILES string of the molecule is Cc1ccnc(Nc2cccc(-c3cnc(N(C)CC4=C(Cl)CC(C(=O)Cl)C=C4)s3)n2)c1. The van der Waals surface area contributed by atoms with E-state index in [4.69, 9.17) is 28.2 Å². The van der Waals surface area contributed by atoms with Gasteiger partial charge in [0, 0.05) is 31.0 Å². The molecule has 1 aliphatic rings. The topological polar surface area (TPSA) is 71.0 Å². The number of halogens is 2. The lowest BCUT2D eigenvalue weighted by molar-refractivity contribution is -0.113. The van der Waals surface area contributed by atoms with Crippen LogP contribution < -0.4 is 10.2 Å². The van der Waals surface area contributed by atoms with Gasteiger partial charge in [-0.05, 0) is 60.3 Å². The summed E-state index contributed by atoms with van der Waals surface area (Å²) in [5.74, 6) is 1.12. The number of nitrogens with zero attached hydrogens (tertiary/aromatic N) is 4. The molecule has 3 aromatic heterocycles. The lowest BCUT2D eigenvalue weighted by Crippen LogP contribution is -2.21. The minimum atomic E-state index is -0.390. The Balaban J connectivity index is 1.46. The molecular weight excluding hydrogens is 465 g/mol. The number of anilines is 3. The van der Waals surface area contributed by atoms with Gasteiger partial charge in [-0.3, -0.25) is 4.79 Å². The number of hydrogen-bond donors (Lipinski definition) is 1. The monoisotopic (exact) mass is 485 g/mol. The summed E-state index contributed by atoms with van der Waals surface area (Å²) in [7, 11) is 1.96. The predicted molar refractivity (Wildman–Crippen MR) is 132 cm³/mol. The molecule has 32 heavy (non-hydrogen) atoms. The lowest BCUT2D eigenvalue weighted by atomic mass is 9.97. The van der Waals surface area contributed by atoms with E-state index in [-0.39, 0.29) is 5.92 Å². The summed E-state index contributed by atoms with van der Waals surface area (Å²) in [4.78, 5) is 27.9. The summed E-state index contributed by atoms with van der Waals surface area (Å²) in [6.07, 6.45) is 7.71. The number of carbonyl (C=O) groups excluding carboxylic acids is 1. The molecule has 0 radical (unpaired) electrons. The van der Waals surface area contributed by atoms with E-state index in [9.17, 15) is 4.79 Å². The maximum atomic E-state index is 11.4. The molecule has 0 spiro atoms. The second-order valence-corrected chi connectivity index (χ2v) is 9.36. The first-order valence-electron chi connectivity index (χ1n) is 9.98. The third kappa shape index (κ3) is 5.35. The van der Waals surface area contributed by atoms with Gasteiger partial charge in [0.1, 0.15) is 11.6 Å². The van der Waals surface area contributed by atoms with Gasteiger partial charge in [-0.2, -0.15) is 0 Å². The number of thiazole rings is 1. The quantitative estimate of drug-likeness (QED) is 0.418. The van der Waals surface area contributed by atoms with E-state index in [2.05, 4.69) is 15.3 Å². The van der Waals surface area contributed by atoms with Crippen LogP contribution in [0.2, 0.25) is 0 Å². The van der Waals surface area contributed by atoms with Crippen LogP contribution in [0.5, 0.6) is 0 Å². The molecule has 1 N–H and O–H groups in total. The first kappa shape index (κ1) is 22.5. The van der Waals surface area contributed by atoms with Crippen LogP contribution in [0.3, 0.4) is 0 Å². The van der Waals surface area contributed by atoms with Crippen LogP contribution in [-0.2, 0) is 4.79 Å². The van der Waals surface area contributed by atoms with Crippen molar-refractivity contribution in [3.8, 4) is 10.6 Å². The van der Waals surface area contributed by atoms with Gasteiger partial charge in [0.2, 0.25) is 5.24 Å². The van der Waals surface area contributed by atoms with Crippen LogP contribution in [0.15, 0.2) is 65.5 Å². The van der Waals surface area contributed by atoms with Crippen molar-refractivity contribution in [1.29, 1.82) is 0 Å². The van der Waals surface area contributed by atoms with Crippen molar-refractivity contribution in [2.24, 2.45) is 5.92 Å². The van der Waals surface area contributed by atoms with E-state index in [1.54, 1.807) is 17.5 Å². The number of aromatic nitrogens is 3. The molecule has 3 heterocycles. The molecule has 1 unspecified atom stereocenters. The number of carbonyl (C=O) groups is 1. The fourth-order valence-electron chi connectivity index (χ4n) is 3.27. The van der Waals surface area contributed by atoms with Crippen molar-refractivity contribution in [3.63, 3.8) is 0 Å². The van der Waals surface area contributed by atoms with Gasteiger partial charge in [-0.15, -0.1) is 0 Å². The molecule has 0 fully saturated rings. The highest BCUT2D eigenvalue weighted by Gasteiger charge is 2.21. The van der Waals surface area contributed by atoms with Gasteiger partial charge in [0.15, 0.2) is 5.13 Å². The van der Waals surface area contributed by atoms with Gasteiger partial charge in [0.25, 0.3) is 0 Å². The molecule has 6 nitrogen and oxygen atoms in total. The summed E-state index contributed by atoms with van der Waals surface area (Å²) < 4.78 is 0. The van der Waals surface area contributed by atoms with Gasteiger partial charge in [-0.1, -0.05) is 41.2 Å². The second kappa shape index (κ2) is 9.81. The Morgan fingerprint density at radius 3 is 2.88 bits per heavy atom. The Morgan fingerprint density at radius 2 is 2.12 bits per heavy atom. The van der Waals surface area contributed by atoms with E-state index < -0.39 is 5.24 Å². The van der Waals surface area contributed by atoms with E-state index in [1.165, 1.54) is 0 Å². The average Bonchev–Trinajstić information content (AvgIpc) is 3.26. The smallest absolute Gasteiger partial charge is 0.228 e. The van der Waals surface area contributed by atoms with Crippen LogP contribution in [-0.4, -0.2) is 33.8 Å². The Morgan fingerprint density at radius 1 is 1.28 bits per heavy atom. The van der Waals surface area contributed by atoms with Crippen molar-refractivity contribution >= 4 is 56.5 Å². The standard InChI is InChI=1S/C23H21Cl2N5OS/c1-14-8-9-26-21(10-14)29-20-5-3-4-18(28-20)19-12-27-23(32-19)30(2)13-16-7-6-15(22(25)31)11-17(16)24/h3-10,12,15H,11,13H2,1-2H3,(H,26,28,29). The average molecular weight is 486 g/mol. The summed E-state index contributed by atoms with van der Waals surface area (Å²) in [6, 6.07) is 9.74. The Kier molecular flexibility index (Phi) is 6.89. The molecule has 9 heteroatoms. The molecule has 1 aliphatic carbocycles. The summed E-state index contributed by atoms with van der Waals surface area (Å²) in [6.45, 7) is 2.60. The van der Waals surface area contributed by atoms with Crippen molar-refractivity contribution in [3.05, 3.63) is 71.0 Å². The normalized spacial score (nSPS) is 15.7. The van der Waals surface area contributed by atoms with Crippen LogP contribution in [0.1, 0.15) is 12.0 Å². The van der Waals surface area contributed by atoms with Crippen molar-refractivity contribution < 1.29 is 4.79 Å². The van der Waals surface area contributed by atoms with E-state index in [0.717, 1.165) is 38.5 Å². The number of aryl methyl sites for hydroxylation is 1. The fraction of sp³-hybridized carbons (Fsp3) is 0.217. The third-order valence-electron chi connectivity index (χ3n) is 4.97. The Hall–Kier alpha value is -2.74. The van der Waals surface area contributed by atoms with Crippen LogP contribution in [0.4, 0.5) is 16.8 Å². The van der Waals surface area contributed by atoms with Gasteiger partial charge in [-0.25, -0.2) is 15.0 Å². The minimum absolute atomic E-state index is 0.355. The Bertz CT molecular complexity index is 1210. The lowest BCUT2D eigenvalue weighted by Gasteiger charge is -2.21. The van der Waals surface area contributed by atoms with Crippen molar-refractivity contribution in [1.82, 2.24) is 15.0 Å². The first-order chi connectivity index (χ1) is 15.4. The number of likely N-dealkylation sites (N-methyl/N-ethyl adjacent to an activating group) is 1. The van der Waals surface area contributed by atoms with E-state index in [0.29, 0.717) is 18.0 Å². The summed E-state index contributed by atoms with van der Waals surface area (Å²) in [5, 5.41) is 4.36. The molecule has 1 atom stereocenters. The molecule has 3 aromatic rings. The number of hydrogen-bond acceptors (Lipinski definition) is 7. The number of nitrogens with one attached hydrogen (secondary N) is 1. The van der Waals surface area contributed by atoms with Crippen LogP contribution >= 0.6 is 34.5 Å². The van der Waals surface area contributed by atoms with Crippen molar-refractivity contribution in [2.75, 3.05) is 23.8 Å². The zero-order chi connectivity index (χ0) is 22.7. The molecule has 0 bridgehead atoms. The minimum Gasteiger partial charge on any atom is -0.347 e. The van der Waals surface area contributed by atoms with Crippen molar-refractivity contribution in [2.45, 2.75) is 13.3 Å². The zero-order valence-electron chi connectivity index (χ0n) is 17.5. The highest BCUT2D eigenvalue weighted by Crippen LogP contribution is 2.33. The Labute approximate surface area is 200 Å². The first-order valence-corrected chi connectivity index (χ1v) is 11.6. The molecular formula is C23H21Cl2N5OS. The zero-order valence-corrected chi connectivity index (χ0v) is 19.9. The molecule has 0 saturated heterocycles. The molecule has 4 rings (SSSR count). The molecule has 164 valence electrons. The summed E-state index contributed by atoms with van der Waals surface area (Å²) in [5.41, 5.74) is 2.91. The van der Waals surface area contributed by atoms with Gasteiger partial charge < -0.3 is 10.2 Å². The number of allylic oxidation sites excluding steroid dienone is 2. The van der Waals surface area contributed by atoms with Gasteiger partial charge in [0.05, 0.1) is 16.5 Å². The second-order valence-electron chi connectivity index (χ2n) is 7.52. The maximum Gasteiger partial charge on any atom is 0.228 e. The highest BCUT2D eigenvalue weighted by molar-refractivity contribution is 7.18.